The SMILES string of the molecule is N#Cc1cc(Oc2ccc(F)cc2Cl)nc2ccccc12. The normalized spacial score (nSPS) is 10.3. The van der Waals surface area contributed by atoms with Crippen molar-refractivity contribution in [1.29, 1.82) is 5.26 Å². The van der Waals surface area contributed by atoms with Crippen LogP contribution >= 0.6 is 11.6 Å². The molecule has 0 aliphatic rings. The first-order chi connectivity index (χ1) is 10.2. The molecule has 0 radical (unpaired) electrons. The summed E-state index contributed by atoms with van der Waals surface area (Å²) in [5, 5.41) is 10.1. The fourth-order valence-corrected chi connectivity index (χ4v) is 2.17. The van der Waals surface area contributed by atoms with Crippen molar-refractivity contribution in [2.24, 2.45) is 0 Å². The van der Waals surface area contributed by atoms with Crippen LogP contribution in [0.5, 0.6) is 11.6 Å². The second-order valence-electron chi connectivity index (χ2n) is 4.31. The summed E-state index contributed by atoms with van der Waals surface area (Å²) in [4.78, 5) is 4.32. The summed E-state index contributed by atoms with van der Waals surface area (Å²) in [5.74, 6) is 0.0695. The van der Waals surface area contributed by atoms with E-state index in [1.807, 2.05) is 18.2 Å². The van der Waals surface area contributed by atoms with E-state index in [9.17, 15) is 9.65 Å². The van der Waals surface area contributed by atoms with Gasteiger partial charge in [0.25, 0.3) is 0 Å². The van der Waals surface area contributed by atoms with Crippen LogP contribution in [-0.2, 0) is 0 Å². The van der Waals surface area contributed by atoms with Crippen LogP contribution in [0, 0.1) is 17.1 Å². The van der Waals surface area contributed by atoms with Gasteiger partial charge in [-0.3, -0.25) is 0 Å². The van der Waals surface area contributed by atoms with Crippen molar-refractivity contribution in [3.8, 4) is 17.7 Å². The van der Waals surface area contributed by atoms with Crippen molar-refractivity contribution in [1.82, 2.24) is 4.98 Å². The number of pyridine rings is 1. The lowest BCUT2D eigenvalue weighted by atomic mass is 10.1. The fourth-order valence-electron chi connectivity index (χ4n) is 1.97. The summed E-state index contributed by atoms with van der Waals surface area (Å²) in [6.07, 6.45) is 0. The number of ether oxygens (including phenoxy) is 1. The topological polar surface area (TPSA) is 45.9 Å². The van der Waals surface area contributed by atoms with Crippen LogP contribution in [0.1, 0.15) is 5.56 Å². The molecule has 3 rings (SSSR count). The van der Waals surface area contributed by atoms with E-state index in [2.05, 4.69) is 11.1 Å². The molecule has 0 atom stereocenters. The van der Waals surface area contributed by atoms with Gasteiger partial charge in [-0.15, -0.1) is 0 Å². The smallest absolute Gasteiger partial charge is 0.221 e. The van der Waals surface area contributed by atoms with Crippen molar-refractivity contribution in [2.45, 2.75) is 0 Å². The molecule has 1 heterocycles. The highest BCUT2D eigenvalue weighted by Crippen LogP contribution is 2.30. The number of nitrogens with zero attached hydrogens (tertiary/aromatic N) is 2. The van der Waals surface area contributed by atoms with Gasteiger partial charge in [-0.05, 0) is 24.3 Å². The first-order valence-corrected chi connectivity index (χ1v) is 6.48. The Balaban J connectivity index is 2.07. The van der Waals surface area contributed by atoms with Crippen molar-refractivity contribution in [3.63, 3.8) is 0 Å². The van der Waals surface area contributed by atoms with Gasteiger partial charge in [0.1, 0.15) is 17.6 Å². The van der Waals surface area contributed by atoms with Crippen LogP contribution in [0.15, 0.2) is 48.5 Å². The maximum absolute atomic E-state index is 13.0. The van der Waals surface area contributed by atoms with Crippen LogP contribution in [-0.4, -0.2) is 4.98 Å². The van der Waals surface area contributed by atoms with Crippen LogP contribution in [0.3, 0.4) is 0 Å². The molecule has 0 saturated carbocycles. The second kappa shape index (κ2) is 5.39. The minimum absolute atomic E-state index is 0.142. The molecule has 3 aromatic rings. The summed E-state index contributed by atoms with van der Waals surface area (Å²) in [7, 11) is 0. The maximum atomic E-state index is 13.0. The zero-order valence-electron chi connectivity index (χ0n) is 10.7. The molecule has 21 heavy (non-hydrogen) atoms. The third-order valence-electron chi connectivity index (χ3n) is 2.92. The number of benzene rings is 2. The van der Waals surface area contributed by atoms with Gasteiger partial charge in [-0.2, -0.15) is 5.26 Å². The Hall–Kier alpha value is -2.64. The van der Waals surface area contributed by atoms with Gasteiger partial charge in [0.15, 0.2) is 0 Å². The van der Waals surface area contributed by atoms with E-state index in [-0.39, 0.29) is 16.7 Å². The number of para-hydroxylation sites is 1. The number of hydrogen-bond acceptors (Lipinski definition) is 3. The maximum Gasteiger partial charge on any atom is 0.221 e. The zero-order valence-corrected chi connectivity index (χ0v) is 11.4. The molecule has 0 saturated heterocycles. The van der Waals surface area contributed by atoms with Crippen LogP contribution in [0.25, 0.3) is 10.9 Å². The molecule has 0 unspecified atom stereocenters. The van der Waals surface area contributed by atoms with Crippen molar-refractivity contribution in [2.75, 3.05) is 0 Å². The Kier molecular flexibility index (Phi) is 3.43. The van der Waals surface area contributed by atoms with Gasteiger partial charge < -0.3 is 4.74 Å². The molecule has 0 aliphatic carbocycles. The highest BCUT2D eigenvalue weighted by atomic mass is 35.5. The van der Waals surface area contributed by atoms with Crippen LogP contribution in [0.4, 0.5) is 4.39 Å². The van der Waals surface area contributed by atoms with E-state index in [0.717, 1.165) is 11.5 Å². The standard InChI is InChI=1S/C16H8ClFN2O/c17-13-8-11(18)5-6-15(13)21-16-7-10(9-19)12-3-1-2-4-14(12)20-16/h1-8H. The van der Waals surface area contributed by atoms with E-state index in [0.29, 0.717) is 11.1 Å². The van der Waals surface area contributed by atoms with Gasteiger partial charge in [0.2, 0.25) is 5.88 Å². The molecular weight excluding hydrogens is 291 g/mol. The molecule has 0 aliphatic heterocycles. The van der Waals surface area contributed by atoms with Crippen molar-refractivity contribution in [3.05, 3.63) is 64.9 Å². The average molecular weight is 299 g/mol. The Morgan fingerprint density at radius 3 is 2.71 bits per heavy atom. The number of halogens is 2. The number of nitriles is 1. The molecule has 1 aromatic heterocycles. The van der Waals surface area contributed by atoms with Gasteiger partial charge >= 0.3 is 0 Å². The average Bonchev–Trinajstić information content (AvgIpc) is 2.49. The zero-order chi connectivity index (χ0) is 14.8. The van der Waals surface area contributed by atoms with Gasteiger partial charge in [-0.1, -0.05) is 29.8 Å². The van der Waals surface area contributed by atoms with E-state index < -0.39 is 5.82 Å². The quantitative estimate of drug-likeness (QED) is 0.689. The summed E-state index contributed by atoms with van der Waals surface area (Å²) >= 11 is 5.91. The first kappa shape index (κ1) is 13.3. The van der Waals surface area contributed by atoms with E-state index in [1.165, 1.54) is 18.2 Å². The number of aromatic nitrogens is 1. The third kappa shape index (κ3) is 2.64. The third-order valence-corrected chi connectivity index (χ3v) is 3.22. The van der Waals surface area contributed by atoms with Crippen LogP contribution < -0.4 is 4.74 Å². The van der Waals surface area contributed by atoms with Crippen LogP contribution in [0.2, 0.25) is 5.02 Å². The second-order valence-corrected chi connectivity index (χ2v) is 4.72. The molecule has 0 fully saturated rings. The van der Waals surface area contributed by atoms with E-state index in [1.54, 1.807) is 6.07 Å². The Bertz CT molecular complexity index is 874. The minimum Gasteiger partial charge on any atom is -0.437 e. The molecule has 2 aromatic carbocycles. The number of rotatable bonds is 2. The number of fused-ring (bicyclic) bond motifs is 1. The predicted octanol–water partition coefficient (Wildman–Crippen LogP) is 4.69. The molecule has 102 valence electrons. The van der Waals surface area contributed by atoms with Gasteiger partial charge in [0, 0.05) is 11.5 Å². The highest BCUT2D eigenvalue weighted by molar-refractivity contribution is 6.32. The fraction of sp³-hybridized carbons (Fsp3) is 0. The lowest BCUT2D eigenvalue weighted by molar-refractivity contribution is 0.463. The molecule has 0 spiro atoms. The molecule has 5 heteroatoms. The molecule has 3 nitrogen and oxygen atoms in total. The van der Waals surface area contributed by atoms with Crippen molar-refractivity contribution >= 4 is 22.5 Å². The molecule has 0 bridgehead atoms. The monoisotopic (exact) mass is 298 g/mol. The molecule has 0 amide bonds. The summed E-state index contributed by atoms with van der Waals surface area (Å²) < 4.78 is 18.6. The van der Waals surface area contributed by atoms with Gasteiger partial charge in [0.05, 0.1) is 16.1 Å². The number of hydrogen-bond donors (Lipinski definition) is 0. The minimum atomic E-state index is -0.448. The summed E-state index contributed by atoms with van der Waals surface area (Å²) in [6, 6.07) is 14.7. The Morgan fingerprint density at radius 2 is 1.95 bits per heavy atom. The Labute approximate surface area is 125 Å². The molecular formula is C16H8ClFN2O. The lowest BCUT2D eigenvalue weighted by Gasteiger charge is -2.08. The van der Waals surface area contributed by atoms with Crippen molar-refractivity contribution < 1.29 is 9.13 Å². The summed E-state index contributed by atoms with van der Waals surface area (Å²) in [5.41, 5.74) is 1.10. The highest BCUT2D eigenvalue weighted by Gasteiger charge is 2.09. The lowest BCUT2D eigenvalue weighted by Crippen LogP contribution is -1.92. The predicted molar refractivity (Wildman–Crippen MR) is 77.9 cm³/mol. The largest absolute Gasteiger partial charge is 0.437 e. The molecule has 0 N–H and O–H groups in total. The van der Waals surface area contributed by atoms with E-state index in [4.69, 9.17) is 16.3 Å². The Morgan fingerprint density at radius 1 is 1.14 bits per heavy atom. The summed E-state index contributed by atoms with van der Waals surface area (Å²) in [6.45, 7) is 0. The first-order valence-electron chi connectivity index (χ1n) is 6.10. The van der Waals surface area contributed by atoms with E-state index >= 15 is 0 Å². The van der Waals surface area contributed by atoms with Gasteiger partial charge in [-0.25, -0.2) is 9.37 Å².